The second-order valence-corrected chi connectivity index (χ2v) is 3.74. The van der Waals surface area contributed by atoms with Crippen LogP contribution in [0.5, 0.6) is 0 Å². The zero-order chi connectivity index (χ0) is 6.91. The van der Waals surface area contributed by atoms with Gasteiger partial charge in [-0.05, 0) is 28.9 Å². The van der Waals surface area contributed by atoms with Gasteiger partial charge in [0.05, 0.1) is 0 Å². The van der Waals surface area contributed by atoms with E-state index in [4.69, 9.17) is 0 Å². The molecule has 0 saturated carbocycles. The van der Waals surface area contributed by atoms with Crippen molar-refractivity contribution in [3.8, 4) is 0 Å². The average Bonchev–Trinajstić information content (AvgIpc) is 1.60. The molecular weight excluding hydrogens is 180 g/mol. The Morgan fingerprint density at radius 2 is 2.44 bits per heavy atom. The highest BCUT2D eigenvalue weighted by Gasteiger charge is 2.20. The van der Waals surface area contributed by atoms with Gasteiger partial charge < -0.3 is 5.11 Å². The van der Waals surface area contributed by atoms with Crippen LogP contribution >= 0.6 is 15.9 Å². The summed E-state index contributed by atoms with van der Waals surface area (Å²) >= 11 is 3.16. The fourth-order valence-electron chi connectivity index (χ4n) is 0.869. The van der Waals surface area contributed by atoms with E-state index in [-0.39, 0.29) is 0 Å². The standard InChI is InChI=1S/C7H9BrO/c1-6-3-2-4-7(8,9)5-6/h2-4,9H,5H2,1H3. The first-order chi connectivity index (χ1) is 4.10. The summed E-state index contributed by atoms with van der Waals surface area (Å²) in [7, 11) is 0. The van der Waals surface area contributed by atoms with E-state index >= 15 is 0 Å². The minimum Gasteiger partial charge on any atom is -0.375 e. The van der Waals surface area contributed by atoms with Crippen LogP contribution in [0.4, 0.5) is 0 Å². The van der Waals surface area contributed by atoms with Crippen molar-refractivity contribution in [3.05, 3.63) is 23.8 Å². The Morgan fingerprint density at radius 3 is 2.78 bits per heavy atom. The van der Waals surface area contributed by atoms with Gasteiger partial charge in [-0.15, -0.1) is 0 Å². The first-order valence-corrected chi connectivity index (χ1v) is 3.66. The zero-order valence-electron chi connectivity index (χ0n) is 5.26. The third kappa shape index (κ3) is 1.95. The molecule has 1 N–H and O–H groups in total. The zero-order valence-corrected chi connectivity index (χ0v) is 6.85. The van der Waals surface area contributed by atoms with Crippen molar-refractivity contribution in [3.63, 3.8) is 0 Å². The van der Waals surface area contributed by atoms with E-state index in [1.54, 1.807) is 6.08 Å². The Bertz CT molecular complexity index is 168. The second kappa shape index (κ2) is 2.27. The van der Waals surface area contributed by atoms with Gasteiger partial charge in [0, 0.05) is 6.42 Å². The topological polar surface area (TPSA) is 20.2 Å². The highest BCUT2D eigenvalue weighted by Crippen LogP contribution is 2.27. The van der Waals surface area contributed by atoms with Gasteiger partial charge in [-0.25, -0.2) is 0 Å². The van der Waals surface area contributed by atoms with Gasteiger partial charge >= 0.3 is 0 Å². The maximum absolute atomic E-state index is 9.33. The maximum atomic E-state index is 9.33. The molecule has 0 fully saturated rings. The van der Waals surface area contributed by atoms with Gasteiger partial charge in [0.1, 0.15) is 4.51 Å². The summed E-state index contributed by atoms with van der Waals surface area (Å²) in [4.78, 5) is 0. The molecule has 0 aromatic heterocycles. The quantitative estimate of drug-likeness (QED) is 0.577. The highest BCUT2D eigenvalue weighted by molar-refractivity contribution is 9.10. The average molecular weight is 189 g/mol. The molecule has 0 amide bonds. The van der Waals surface area contributed by atoms with Gasteiger partial charge in [0.2, 0.25) is 0 Å². The SMILES string of the molecule is CC1=CC=CC(O)(Br)C1. The monoisotopic (exact) mass is 188 g/mol. The molecule has 1 atom stereocenters. The Labute approximate surface area is 63.2 Å². The fourth-order valence-corrected chi connectivity index (χ4v) is 1.46. The minimum absolute atomic E-state index is 0.684. The molecule has 1 aliphatic carbocycles. The number of hydrogen-bond donors (Lipinski definition) is 1. The molecule has 1 aliphatic rings. The lowest BCUT2D eigenvalue weighted by Crippen LogP contribution is -2.18. The third-order valence-corrected chi connectivity index (χ3v) is 1.80. The van der Waals surface area contributed by atoms with Gasteiger partial charge in [0.25, 0.3) is 0 Å². The summed E-state index contributed by atoms with van der Waals surface area (Å²) in [6, 6.07) is 0. The van der Waals surface area contributed by atoms with E-state index < -0.39 is 4.51 Å². The van der Waals surface area contributed by atoms with Crippen molar-refractivity contribution >= 4 is 15.9 Å². The molecule has 2 heteroatoms. The summed E-state index contributed by atoms with van der Waals surface area (Å²) in [6.45, 7) is 2.00. The molecule has 1 unspecified atom stereocenters. The molecule has 0 aromatic carbocycles. The Balaban J connectivity index is 2.73. The highest BCUT2D eigenvalue weighted by atomic mass is 79.9. The van der Waals surface area contributed by atoms with E-state index in [9.17, 15) is 5.11 Å². The van der Waals surface area contributed by atoms with Crippen molar-refractivity contribution in [1.82, 2.24) is 0 Å². The first-order valence-electron chi connectivity index (χ1n) is 2.86. The number of rotatable bonds is 0. The predicted octanol–water partition coefficient (Wildman–Crippen LogP) is 1.98. The number of allylic oxidation sites excluding steroid dienone is 2. The van der Waals surface area contributed by atoms with Crippen molar-refractivity contribution in [2.24, 2.45) is 0 Å². The maximum Gasteiger partial charge on any atom is 0.142 e. The van der Waals surface area contributed by atoms with Crippen LogP contribution in [0.25, 0.3) is 0 Å². The number of halogens is 1. The largest absolute Gasteiger partial charge is 0.375 e. The van der Waals surface area contributed by atoms with E-state index in [1.165, 1.54) is 5.57 Å². The number of hydrogen-bond acceptors (Lipinski definition) is 1. The van der Waals surface area contributed by atoms with Crippen LogP contribution in [0, 0.1) is 0 Å². The van der Waals surface area contributed by atoms with Crippen molar-refractivity contribution in [1.29, 1.82) is 0 Å². The molecule has 1 rings (SSSR count). The second-order valence-electron chi connectivity index (χ2n) is 2.37. The Morgan fingerprint density at radius 1 is 1.78 bits per heavy atom. The fraction of sp³-hybridized carbons (Fsp3) is 0.429. The van der Waals surface area contributed by atoms with Crippen molar-refractivity contribution in [2.45, 2.75) is 17.9 Å². The normalized spacial score (nSPS) is 34.3. The van der Waals surface area contributed by atoms with E-state index in [0.29, 0.717) is 6.42 Å². The van der Waals surface area contributed by atoms with Crippen LogP contribution in [0.1, 0.15) is 13.3 Å². The van der Waals surface area contributed by atoms with E-state index in [1.807, 2.05) is 19.1 Å². The molecule has 1 nitrogen and oxygen atoms in total. The van der Waals surface area contributed by atoms with Crippen molar-refractivity contribution in [2.75, 3.05) is 0 Å². The van der Waals surface area contributed by atoms with Crippen molar-refractivity contribution < 1.29 is 5.11 Å². The van der Waals surface area contributed by atoms with Gasteiger partial charge in [0.15, 0.2) is 0 Å². The van der Waals surface area contributed by atoms with Crippen LogP contribution in [-0.4, -0.2) is 9.62 Å². The molecule has 0 bridgehead atoms. The van der Waals surface area contributed by atoms with Crippen LogP contribution in [0.3, 0.4) is 0 Å². The van der Waals surface area contributed by atoms with Gasteiger partial charge in [-0.1, -0.05) is 17.7 Å². The Kier molecular flexibility index (Phi) is 1.78. The number of aliphatic hydroxyl groups is 1. The minimum atomic E-state index is -0.786. The van der Waals surface area contributed by atoms with E-state index in [2.05, 4.69) is 15.9 Å². The third-order valence-electron chi connectivity index (χ3n) is 1.26. The van der Waals surface area contributed by atoms with Crippen LogP contribution in [0.2, 0.25) is 0 Å². The molecular formula is C7H9BrO. The molecule has 50 valence electrons. The van der Waals surface area contributed by atoms with Crippen LogP contribution in [-0.2, 0) is 0 Å². The summed E-state index contributed by atoms with van der Waals surface area (Å²) in [5.41, 5.74) is 1.19. The summed E-state index contributed by atoms with van der Waals surface area (Å²) < 4.78 is -0.786. The number of alkyl halides is 1. The molecule has 0 aromatic rings. The molecule has 9 heavy (non-hydrogen) atoms. The van der Waals surface area contributed by atoms with E-state index in [0.717, 1.165) is 0 Å². The summed E-state index contributed by atoms with van der Waals surface area (Å²) in [5.74, 6) is 0. The smallest absolute Gasteiger partial charge is 0.142 e. The van der Waals surface area contributed by atoms with Crippen LogP contribution < -0.4 is 0 Å². The molecule has 0 spiro atoms. The summed E-state index contributed by atoms with van der Waals surface area (Å²) in [6.07, 6.45) is 6.27. The lowest BCUT2D eigenvalue weighted by atomic mass is 10.0. The van der Waals surface area contributed by atoms with Crippen LogP contribution in [0.15, 0.2) is 23.8 Å². The lowest BCUT2D eigenvalue weighted by molar-refractivity contribution is 0.194. The van der Waals surface area contributed by atoms with Gasteiger partial charge in [-0.3, -0.25) is 0 Å². The first kappa shape index (κ1) is 7.03. The molecule has 0 aliphatic heterocycles. The predicted molar refractivity (Wildman–Crippen MR) is 41.4 cm³/mol. The Hall–Kier alpha value is -0.0800. The molecule has 0 heterocycles. The molecule has 0 radical (unpaired) electrons. The van der Waals surface area contributed by atoms with Gasteiger partial charge in [-0.2, -0.15) is 0 Å². The summed E-state index contributed by atoms with van der Waals surface area (Å²) in [5, 5.41) is 9.33. The lowest BCUT2D eigenvalue weighted by Gasteiger charge is -2.19. The molecule has 0 saturated heterocycles.